The Morgan fingerprint density at radius 1 is 1.17 bits per heavy atom. The molecule has 24 heavy (non-hydrogen) atoms. The molecule has 1 aliphatic rings. The standard InChI is InChI=1S/C17H12N2O5/c20-17(12-8-11-4-1-2-5-13(11)22-9-12)23-10-15-18-19-16(24-15)14-6-3-7-21-14/h1-8H,9-10H2. The molecule has 3 aromatic rings. The van der Waals surface area contributed by atoms with Gasteiger partial charge in [-0.25, -0.2) is 4.79 Å². The van der Waals surface area contributed by atoms with Gasteiger partial charge in [0.05, 0.1) is 11.8 Å². The number of fused-ring (bicyclic) bond motifs is 1. The van der Waals surface area contributed by atoms with Gasteiger partial charge >= 0.3 is 5.97 Å². The molecule has 0 spiro atoms. The van der Waals surface area contributed by atoms with Gasteiger partial charge in [-0.1, -0.05) is 18.2 Å². The second-order valence-corrected chi connectivity index (χ2v) is 5.05. The normalized spacial score (nSPS) is 12.9. The number of hydrogen-bond acceptors (Lipinski definition) is 7. The Kier molecular flexibility index (Phi) is 3.59. The molecule has 2 aromatic heterocycles. The highest BCUT2D eigenvalue weighted by atomic mass is 16.5. The van der Waals surface area contributed by atoms with Crippen LogP contribution in [0, 0.1) is 0 Å². The van der Waals surface area contributed by atoms with Crippen LogP contribution in [0.4, 0.5) is 0 Å². The second kappa shape index (κ2) is 6.04. The van der Waals surface area contributed by atoms with Crippen molar-refractivity contribution in [3.05, 3.63) is 59.7 Å². The van der Waals surface area contributed by atoms with E-state index in [9.17, 15) is 4.79 Å². The molecule has 120 valence electrons. The Morgan fingerprint density at radius 2 is 2.08 bits per heavy atom. The summed E-state index contributed by atoms with van der Waals surface area (Å²) in [6, 6.07) is 10.9. The van der Waals surface area contributed by atoms with E-state index in [2.05, 4.69) is 10.2 Å². The van der Waals surface area contributed by atoms with E-state index < -0.39 is 5.97 Å². The summed E-state index contributed by atoms with van der Waals surface area (Å²) in [6.45, 7) is 0.0445. The van der Waals surface area contributed by atoms with Crippen LogP contribution in [0.1, 0.15) is 11.5 Å². The average Bonchev–Trinajstić information content (AvgIpc) is 3.30. The van der Waals surface area contributed by atoms with Gasteiger partial charge in [0.25, 0.3) is 11.8 Å². The lowest BCUT2D eigenvalue weighted by molar-refractivity contribution is -0.141. The zero-order valence-electron chi connectivity index (χ0n) is 12.5. The third-order valence-corrected chi connectivity index (χ3v) is 3.42. The van der Waals surface area contributed by atoms with E-state index >= 15 is 0 Å². The average molecular weight is 324 g/mol. The van der Waals surface area contributed by atoms with Gasteiger partial charge in [-0.05, 0) is 24.3 Å². The van der Waals surface area contributed by atoms with Gasteiger partial charge < -0.3 is 18.3 Å². The van der Waals surface area contributed by atoms with Crippen LogP contribution in [0.25, 0.3) is 17.7 Å². The number of nitrogens with zero attached hydrogens (tertiary/aromatic N) is 2. The molecule has 7 nitrogen and oxygen atoms in total. The summed E-state index contributed by atoms with van der Waals surface area (Å²) in [5.41, 5.74) is 1.27. The summed E-state index contributed by atoms with van der Waals surface area (Å²) in [7, 11) is 0. The molecule has 0 saturated heterocycles. The predicted molar refractivity (Wildman–Crippen MR) is 81.7 cm³/mol. The molecule has 0 saturated carbocycles. The van der Waals surface area contributed by atoms with Crippen molar-refractivity contribution in [1.29, 1.82) is 0 Å². The Balaban J connectivity index is 1.42. The molecule has 0 aliphatic carbocycles. The Labute approximate surface area is 136 Å². The van der Waals surface area contributed by atoms with Crippen LogP contribution < -0.4 is 4.74 Å². The monoisotopic (exact) mass is 324 g/mol. The molecule has 0 N–H and O–H groups in total. The molecule has 1 aromatic carbocycles. The molecule has 0 radical (unpaired) electrons. The largest absolute Gasteiger partial charge is 0.488 e. The Hall–Kier alpha value is -3.35. The van der Waals surface area contributed by atoms with E-state index in [1.165, 1.54) is 6.26 Å². The third-order valence-electron chi connectivity index (χ3n) is 3.42. The number of furan rings is 1. The maximum Gasteiger partial charge on any atom is 0.338 e. The van der Waals surface area contributed by atoms with Crippen molar-refractivity contribution < 1.29 is 23.1 Å². The first-order valence-corrected chi connectivity index (χ1v) is 7.25. The fraction of sp³-hybridized carbons (Fsp3) is 0.118. The first-order valence-electron chi connectivity index (χ1n) is 7.25. The molecule has 7 heteroatoms. The van der Waals surface area contributed by atoms with Gasteiger partial charge in [0, 0.05) is 5.56 Å². The molecule has 4 rings (SSSR count). The number of rotatable bonds is 4. The van der Waals surface area contributed by atoms with Crippen molar-refractivity contribution in [1.82, 2.24) is 10.2 Å². The van der Waals surface area contributed by atoms with E-state index in [4.69, 9.17) is 18.3 Å². The molecule has 0 bridgehead atoms. The molecular formula is C17H12N2O5. The maximum absolute atomic E-state index is 12.1. The predicted octanol–water partition coefficient (Wildman–Crippen LogP) is 2.85. The van der Waals surface area contributed by atoms with Crippen LogP contribution >= 0.6 is 0 Å². The smallest absolute Gasteiger partial charge is 0.338 e. The van der Waals surface area contributed by atoms with Gasteiger partial charge in [-0.2, -0.15) is 0 Å². The fourth-order valence-corrected chi connectivity index (χ4v) is 2.27. The lowest BCUT2D eigenvalue weighted by Gasteiger charge is -2.16. The van der Waals surface area contributed by atoms with Crippen LogP contribution in [-0.2, 0) is 16.1 Å². The minimum Gasteiger partial charge on any atom is -0.488 e. The lowest BCUT2D eigenvalue weighted by atomic mass is 10.1. The van der Waals surface area contributed by atoms with Crippen molar-refractivity contribution in [2.75, 3.05) is 6.61 Å². The zero-order chi connectivity index (χ0) is 16.4. The SMILES string of the molecule is O=C(OCc1nnc(-c2ccco2)o1)C1=Cc2ccccc2OC1. The quantitative estimate of drug-likeness (QED) is 0.682. The summed E-state index contributed by atoms with van der Waals surface area (Å²) in [5, 5.41) is 7.66. The number of carbonyl (C=O) groups is 1. The number of aromatic nitrogens is 2. The fourth-order valence-electron chi connectivity index (χ4n) is 2.27. The maximum atomic E-state index is 12.1. The van der Waals surface area contributed by atoms with E-state index in [-0.39, 0.29) is 25.0 Å². The summed E-state index contributed by atoms with van der Waals surface area (Å²) >= 11 is 0. The van der Waals surface area contributed by atoms with Gasteiger partial charge in [0.1, 0.15) is 12.4 Å². The number of benzene rings is 1. The van der Waals surface area contributed by atoms with Crippen molar-refractivity contribution in [2.24, 2.45) is 0 Å². The third kappa shape index (κ3) is 2.79. The van der Waals surface area contributed by atoms with E-state index in [0.717, 1.165) is 11.3 Å². The molecule has 0 fully saturated rings. The molecule has 0 amide bonds. The van der Waals surface area contributed by atoms with Crippen molar-refractivity contribution in [3.63, 3.8) is 0 Å². The summed E-state index contributed by atoms with van der Waals surface area (Å²) in [6.07, 6.45) is 3.26. The first kappa shape index (κ1) is 14.3. The highest BCUT2D eigenvalue weighted by molar-refractivity contribution is 5.95. The van der Waals surface area contributed by atoms with Crippen molar-refractivity contribution in [3.8, 4) is 17.4 Å². The van der Waals surface area contributed by atoms with E-state index in [1.54, 1.807) is 18.2 Å². The topological polar surface area (TPSA) is 87.6 Å². The van der Waals surface area contributed by atoms with Crippen LogP contribution in [0.2, 0.25) is 0 Å². The first-order chi connectivity index (χ1) is 11.8. The number of carbonyl (C=O) groups excluding carboxylic acids is 1. The minimum atomic E-state index is -0.484. The molecule has 1 aliphatic heterocycles. The minimum absolute atomic E-state index is 0.120. The summed E-state index contributed by atoms with van der Waals surface area (Å²) < 4.78 is 21.3. The Morgan fingerprint density at radius 3 is 2.96 bits per heavy atom. The van der Waals surface area contributed by atoms with Gasteiger partial charge in [-0.15, -0.1) is 10.2 Å². The highest BCUT2D eigenvalue weighted by Gasteiger charge is 2.19. The second-order valence-electron chi connectivity index (χ2n) is 5.05. The number of para-hydroxylation sites is 1. The Bertz CT molecular complexity index is 895. The highest BCUT2D eigenvalue weighted by Crippen LogP contribution is 2.26. The van der Waals surface area contributed by atoms with Crippen LogP contribution in [0.15, 0.2) is 57.1 Å². The van der Waals surface area contributed by atoms with Gasteiger partial charge in [-0.3, -0.25) is 0 Å². The molecular weight excluding hydrogens is 312 g/mol. The molecule has 3 heterocycles. The summed E-state index contributed by atoms with van der Waals surface area (Å²) in [4.78, 5) is 12.1. The molecule has 0 unspecified atom stereocenters. The van der Waals surface area contributed by atoms with Crippen molar-refractivity contribution >= 4 is 12.0 Å². The molecule has 0 atom stereocenters. The van der Waals surface area contributed by atoms with Crippen LogP contribution in [-0.4, -0.2) is 22.8 Å². The number of ether oxygens (including phenoxy) is 2. The lowest BCUT2D eigenvalue weighted by Crippen LogP contribution is -2.17. The summed E-state index contributed by atoms with van der Waals surface area (Å²) in [5.74, 6) is 1.14. The van der Waals surface area contributed by atoms with Crippen LogP contribution in [0.5, 0.6) is 5.75 Å². The zero-order valence-corrected chi connectivity index (χ0v) is 12.5. The van der Waals surface area contributed by atoms with Gasteiger partial charge in [0.15, 0.2) is 12.4 Å². The van der Waals surface area contributed by atoms with Crippen molar-refractivity contribution in [2.45, 2.75) is 6.61 Å². The van der Waals surface area contributed by atoms with Crippen LogP contribution in [0.3, 0.4) is 0 Å². The number of hydrogen-bond donors (Lipinski definition) is 0. The van der Waals surface area contributed by atoms with Gasteiger partial charge in [0.2, 0.25) is 0 Å². The van der Waals surface area contributed by atoms with E-state index in [1.807, 2.05) is 24.3 Å². The van der Waals surface area contributed by atoms with E-state index in [0.29, 0.717) is 11.3 Å². The number of esters is 1.